The summed E-state index contributed by atoms with van der Waals surface area (Å²) in [5.41, 5.74) is 4.93. The zero-order valence-electron chi connectivity index (χ0n) is 15.3. The third-order valence-corrected chi connectivity index (χ3v) is 5.43. The van der Waals surface area contributed by atoms with Gasteiger partial charge in [0.25, 0.3) is 11.8 Å². The topological polar surface area (TPSA) is 65.3 Å². The van der Waals surface area contributed by atoms with Crippen molar-refractivity contribution in [1.82, 2.24) is 5.01 Å². The summed E-state index contributed by atoms with van der Waals surface area (Å²) in [5, 5.41) is 10.2. The van der Waals surface area contributed by atoms with Crippen LogP contribution in [0.4, 0.5) is 5.69 Å². The monoisotopic (exact) mass is 382 g/mol. The van der Waals surface area contributed by atoms with E-state index in [9.17, 15) is 9.59 Å². The highest BCUT2D eigenvalue weighted by Gasteiger charge is 2.55. The molecule has 2 aromatic carbocycles. The van der Waals surface area contributed by atoms with E-state index < -0.39 is 12.1 Å². The Hall–Kier alpha value is -2.73. The van der Waals surface area contributed by atoms with Crippen LogP contribution in [0.1, 0.15) is 22.3 Å². The number of carbonyl (C=O) groups is 2. The first-order chi connectivity index (χ1) is 12.9. The minimum absolute atomic E-state index is 0.342. The van der Waals surface area contributed by atoms with E-state index in [1.807, 2.05) is 13.8 Å². The Bertz CT molecular complexity index is 965. The van der Waals surface area contributed by atoms with Gasteiger partial charge in [-0.1, -0.05) is 46.7 Å². The fourth-order valence-electron chi connectivity index (χ4n) is 3.85. The molecule has 2 aliphatic heterocycles. The van der Waals surface area contributed by atoms with Crippen molar-refractivity contribution in [1.29, 1.82) is 0 Å². The van der Waals surface area contributed by atoms with Crippen molar-refractivity contribution in [3.05, 3.63) is 63.7 Å². The molecule has 0 spiro atoms. The second kappa shape index (κ2) is 6.46. The molecule has 2 aliphatic rings. The van der Waals surface area contributed by atoms with Crippen LogP contribution in [-0.2, 0) is 16.1 Å². The summed E-state index contributed by atoms with van der Waals surface area (Å²) in [5.74, 6) is -0.729. The van der Waals surface area contributed by atoms with E-state index in [1.54, 1.807) is 29.3 Å². The third-order valence-electron chi connectivity index (χ3n) is 5.11. The van der Waals surface area contributed by atoms with Gasteiger partial charge < -0.3 is 0 Å². The van der Waals surface area contributed by atoms with Gasteiger partial charge in [-0.3, -0.25) is 14.6 Å². The molecule has 2 amide bonds. The molecule has 27 heavy (non-hydrogen) atoms. The maximum absolute atomic E-state index is 13.1. The molecule has 2 aromatic rings. The lowest BCUT2D eigenvalue weighted by atomic mass is 9.99. The second-order valence-corrected chi connectivity index (χ2v) is 7.44. The van der Waals surface area contributed by atoms with Crippen molar-refractivity contribution in [3.63, 3.8) is 0 Å². The minimum atomic E-state index is -0.820. The third kappa shape index (κ3) is 2.80. The van der Waals surface area contributed by atoms with Gasteiger partial charge in [0, 0.05) is 0 Å². The molecule has 0 aromatic heterocycles. The molecule has 4 rings (SSSR count). The van der Waals surface area contributed by atoms with E-state index in [0.29, 0.717) is 17.3 Å². The average molecular weight is 383 g/mol. The second-order valence-electron chi connectivity index (χ2n) is 7.03. The number of fused-ring (bicyclic) bond motifs is 1. The van der Waals surface area contributed by atoms with Gasteiger partial charge in [-0.05, 0) is 49.6 Å². The number of amides is 2. The first kappa shape index (κ1) is 17.7. The summed E-state index contributed by atoms with van der Waals surface area (Å²) in [4.78, 5) is 27.0. The number of imide groups is 1. The molecule has 6 nitrogen and oxygen atoms in total. The molecule has 2 heterocycles. The summed E-state index contributed by atoms with van der Waals surface area (Å²) in [7, 11) is 0. The van der Waals surface area contributed by atoms with Crippen LogP contribution >= 0.6 is 11.6 Å². The number of halogens is 1. The smallest absolute Gasteiger partial charge is 0.263 e. The van der Waals surface area contributed by atoms with E-state index >= 15 is 0 Å². The van der Waals surface area contributed by atoms with Crippen LogP contribution in [-0.4, -0.2) is 28.9 Å². The zero-order chi connectivity index (χ0) is 19.3. The van der Waals surface area contributed by atoms with Crippen LogP contribution in [0, 0.1) is 20.8 Å². The van der Waals surface area contributed by atoms with Gasteiger partial charge in [-0.15, -0.1) is 0 Å². The number of hydrogen-bond acceptors (Lipinski definition) is 5. The lowest BCUT2D eigenvalue weighted by Gasteiger charge is -2.23. The molecule has 2 atom stereocenters. The predicted molar refractivity (Wildman–Crippen MR) is 103 cm³/mol. The Morgan fingerprint density at radius 3 is 2.37 bits per heavy atom. The minimum Gasteiger partial charge on any atom is -0.271 e. The molecule has 0 radical (unpaired) electrons. The van der Waals surface area contributed by atoms with Crippen LogP contribution in [0.25, 0.3) is 0 Å². The maximum Gasteiger partial charge on any atom is 0.263 e. The van der Waals surface area contributed by atoms with E-state index in [4.69, 9.17) is 11.6 Å². The first-order valence-electron chi connectivity index (χ1n) is 8.75. The molecule has 1 saturated heterocycles. The Balaban J connectivity index is 1.65. The van der Waals surface area contributed by atoms with Gasteiger partial charge >= 0.3 is 0 Å². The summed E-state index contributed by atoms with van der Waals surface area (Å²) in [6.07, 6.45) is 0. The van der Waals surface area contributed by atoms with Crippen molar-refractivity contribution < 1.29 is 9.59 Å². The number of aryl methyl sites for hydroxylation is 3. The molecular weight excluding hydrogens is 364 g/mol. The van der Waals surface area contributed by atoms with Crippen LogP contribution in [0.3, 0.4) is 0 Å². The predicted octanol–water partition coefficient (Wildman–Crippen LogP) is 3.76. The lowest BCUT2D eigenvalue weighted by Crippen LogP contribution is -2.39. The molecule has 7 heteroatoms. The standard InChI is InChI=1S/C20H19ClN4O2/c1-11-8-12(2)14(13(3)9-11)10-24-18-17(22-23-24)19(26)25(20(18)27)16-7-5-4-6-15(16)21/h4-9,17-18H,10H2,1-3H3/t17-,18-/m0/s1. The number of benzene rings is 2. The summed E-state index contributed by atoms with van der Waals surface area (Å²) < 4.78 is 0. The number of anilines is 1. The molecular formula is C20H19ClN4O2. The normalized spacial score (nSPS) is 21.3. The molecule has 138 valence electrons. The van der Waals surface area contributed by atoms with Crippen molar-refractivity contribution in [2.45, 2.75) is 39.4 Å². The summed E-state index contributed by atoms with van der Waals surface area (Å²) >= 11 is 6.20. The largest absolute Gasteiger partial charge is 0.271 e. The van der Waals surface area contributed by atoms with E-state index in [0.717, 1.165) is 21.6 Å². The van der Waals surface area contributed by atoms with Gasteiger partial charge in [-0.25, -0.2) is 4.90 Å². The van der Waals surface area contributed by atoms with E-state index in [-0.39, 0.29) is 11.8 Å². The molecule has 0 aliphatic carbocycles. The highest BCUT2D eigenvalue weighted by atomic mass is 35.5. The van der Waals surface area contributed by atoms with Gasteiger partial charge in [-0.2, -0.15) is 5.11 Å². The fraction of sp³-hybridized carbons (Fsp3) is 0.300. The molecule has 0 bridgehead atoms. The molecule has 0 N–H and O–H groups in total. The molecule has 0 saturated carbocycles. The number of carbonyl (C=O) groups excluding carboxylic acids is 2. The number of hydrogen-bond donors (Lipinski definition) is 0. The van der Waals surface area contributed by atoms with Gasteiger partial charge in [0.05, 0.1) is 17.3 Å². The average Bonchev–Trinajstić information content (AvgIpc) is 3.12. The fourth-order valence-corrected chi connectivity index (χ4v) is 4.07. The number of rotatable bonds is 3. The quantitative estimate of drug-likeness (QED) is 0.759. The van der Waals surface area contributed by atoms with Crippen LogP contribution < -0.4 is 4.90 Å². The zero-order valence-corrected chi connectivity index (χ0v) is 16.1. The van der Waals surface area contributed by atoms with Crippen LogP contribution in [0.15, 0.2) is 46.7 Å². The van der Waals surface area contributed by atoms with Crippen molar-refractivity contribution >= 4 is 29.1 Å². The highest BCUT2D eigenvalue weighted by molar-refractivity contribution is 6.36. The first-order valence-corrected chi connectivity index (χ1v) is 9.12. The summed E-state index contributed by atoms with van der Waals surface area (Å²) in [6.45, 7) is 6.56. The number of para-hydroxylation sites is 1. The van der Waals surface area contributed by atoms with E-state index in [2.05, 4.69) is 29.4 Å². The van der Waals surface area contributed by atoms with Crippen LogP contribution in [0.2, 0.25) is 5.02 Å². The molecule has 0 unspecified atom stereocenters. The summed E-state index contributed by atoms with van der Waals surface area (Å²) in [6, 6.07) is 9.48. The van der Waals surface area contributed by atoms with Gasteiger partial charge in [0.2, 0.25) is 0 Å². The van der Waals surface area contributed by atoms with Gasteiger partial charge in [0.1, 0.15) is 0 Å². The Morgan fingerprint density at radius 1 is 1.04 bits per heavy atom. The molecule has 1 fully saturated rings. The lowest BCUT2D eigenvalue weighted by molar-refractivity contribution is -0.123. The van der Waals surface area contributed by atoms with Crippen LogP contribution in [0.5, 0.6) is 0 Å². The Kier molecular flexibility index (Phi) is 4.23. The Labute approximate surface area is 162 Å². The SMILES string of the molecule is Cc1cc(C)c(CN2N=N[C@@H]3C(=O)N(c4ccccc4Cl)C(=O)[C@H]32)c(C)c1. The van der Waals surface area contributed by atoms with Gasteiger partial charge in [0.15, 0.2) is 12.1 Å². The van der Waals surface area contributed by atoms with Crippen molar-refractivity contribution in [2.75, 3.05) is 4.90 Å². The number of nitrogens with zero attached hydrogens (tertiary/aromatic N) is 4. The maximum atomic E-state index is 13.1. The Morgan fingerprint density at radius 2 is 1.70 bits per heavy atom. The van der Waals surface area contributed by atoms with E-state index in [1.165, 1.54) is 5.56 Å². The highest BCUT2D eigenvalue weighted by Crippen LogP contribution is 2.36. The van der Waals surface area contributed by atoms with Crippen molar-refractivity contribution in [3.8, 4) is 0 Å². The van der Waals surface area contributed by atoms with Crippen molar-refractivity contribution in [2.24, 2.45) is 10.3 Å².